The number of fused-ring (bicyclic) bond motifs is 1. The van der Waals surface area contributed by atoms with Crippen molar-refractivity contribution >= 4 is 23.2 Å². The molecule has 0 radical (unpaired) electrons. The Morgan fingerprint density at radius 1 is 1.06 bits per heavy atom. The number of thiophene rings is 1. The minimum absolute atomic E-state index is 0.0390. The van der Waals surface area contributed by atoms with E-state index < -0.39 is 5.41 Å². The molecule has 1 aromatic carbocycles. The first-order chi connectivity index (χ1) is 15.1. The third-order valence-electron chi connectivity index (χ3n) is 6.68. The highest BCUT2D eigenvalue weighted by atomic mass is 32.1. The maximum absolute atomic E-state index is 13.3. The van der Waals surface area contributed by atoms with Gasteiger partial charge in [0, 0.05) is 42.5 Å². The van der Waals surface area contributed by atoms with E-state index in [1.54, 1.807) is 0 Å². The van der Waals surface area contributed by atoms with E-state index >= 15 is 0 Å². The molecule has 0 unspecified atom stereocenters. The number of nitrogens with zero attached hydrogens (tertiary/aromatic N) is 3. The molecule has 0 spiro atoms. The second kappa shape index (κ2) is 8.99. The number of amides is 2. The molecule has 4 rings (SSSR count). The fourth-order valence-electron chi connectivity index (χ4n) is 4.87. The molecule has 0 saturated carbocycles. The maximum atomic E-state index is 13.3. The number of hydrogen-bond donors (Lipinski definition) is 0. The standard InChI is InChI=1S/C26H35N3O2S/c1-18-6-8-20(9-7-18)24-21-11-15-32-22(21)10-12-28(24)17-23(30)27-13-14-29(19(2)16-27)25(31)26(3,4)5/h6-9,11,15,19,24H,10,12-14,16-17H2,1-5H3/t19-,24+/m1/s1. The first-order valence-corrected chi connectivity index (χ1v) is 12.5. The molecule has 0 bridgehead atoms. The average molecular weight is 454 g/mol. The van der Waals surface area contributed by atoms with Crippen LogP contribution in [0.3, 0.4) is 0 Å². The lowest BCUT2D eigenvalue weighted by molar-refractivity contribution is -0.148. The summed E-state index contributed by atoms with van der Waals surface area (Å²) in [5, 5.41) is 2.17. The molecule has 2 amide bonds. The second-order valence-corrected chi connectivity index (χ2v) is 11.3. The summed E-state index contributed by atoms with van der Waals surface area (Å²) >= 11 is 1.82. The van der Waals surface area contributed by atoms with Gasteiger partial charge in [-0.15, -0.1) is 11.3 Å². The number of aryl methyl sites for hydroxylation is 1. The Morgan fingerprint density at radius 3 is 2.44 bits per heavy atom. The van der Waals surface area contributed by atoms with Crippen molar-refractivity contribution in [2.75, 3.05) is 32.7 Å². The monoisotopic (exact) mass is 453 g/mol. The first kappa shape index (κ1) is 23.0. The van der Waals surface area contributed by atoms with E-state index in [1.807, 2.05) is 41.9 Å². The molecule has 32 heavy (non-hydrogen) atoms. The van der Waals surface area contributed by atoms with Gasteiger partial charge in [0.15, 0.2) is 0 Å². The van der Waals surface area contributed by atoms with Crippen molar-refractivity contribution in [1.29, 1.82) is 0 Å². The zero-order chi connectivity index (χ0) is 23.0. The summed E-state index contributed by atoms with van der Waals surface area (Å²) in [5.74, 6) is 0.327. The van der Waals surface area contributed by atoms with E-state index in [2.05, 4.69) is 54.5 Å². The van der Waals surface area contributed by atoms with Crippen molar-refractivity contribution < 1.29 is 9.59 Å². The zero-order valence-electron chi connectivity index (χ0n) is 19.9. The van der Waals surface area contributed by atoms with Crippen molar-refractivity contribution in [1.82, 2.24) is 14.7 Å². The predicted molar refractivity (Wildman–Crippen MR) is 130 cm³/mol. The third kappa shape index (κ3) is 4.62. The van der Waals surface area contributed by atoms with Crippen LogP contribution < -0.4 is 0 Å². The fraction of sp³-hybridized carbons (Fsp3) is 0.538. The fourth-order valence-corrected chi connectivity index (χ4v) is 5.77. The molecule has 0 N–H and O–H groups in total. The molecular weight excluding hydrogens is 418 g/mol. The lowest BCUT2D eigenvalue weighted by Crippen LogP contribution is -2.58. The lowest BCUT2D eigenvalue weighted by atomic mass is 9.92. The van der Waals surface area contributed by atoms with Gasteiger partial charge in [-0.05, 0) is 42.8 Å². The molecule has 1 fully saturated rings. The van der Waals surface area contributed by atoms with Crippen molar-refractivity contribution in [3.05, 3.63) is 57.3 Å². The van der Waals surface area contributed by atoms with Gasteiger partial charge in [-0.2, -0.15) is 0 Å². The van der Waals surface area contributed by atoms with Gasteiger partial charge in [0.1, 0.15) is 0 Å². The largest absolute Gasteiger partial charge is 0.338 e. The van der Waals surface area contributed by atoms with Crippen LogP contribution in [-0.2, 0) is 16.0 Å². The number of rotatable bonds is 3. The number of carbonyl (C=O) groups excluding carboxylic acids is 2. The molecule has 3 heterocycles. The van der Waals surface area contributed by atoms with Crippen molar-refractivity contribution in [3.8, 4) is 0 Å². The SMILES string of the molecule is Cc1ccc([C@H]2c3ccsc3CCN2CC(=O)N2CCN(C(=O)C(C)(C)C)[C@H](C)C2)cc1. The van der Waals surface area contributed by atoms with E-state index in [4.69, 9.17) is 0 Å². The molecule has 0 aliphatic carbocycles. The molecule has 2 aliphatic heterocycles. The predicted octanol–water partition coefficient (Wildman–Crippen LogP) is 4.11. The minimum atomic E-state index is -0.395. The summed E-state index contributed by atoms with van der Waals surface area (Å²) in [5.41, 5.74) is 3.44. The van der Waals surface area contributed by atoms with Crippen LogP contribution in [0.4, 0.5) is 0 Å². The van der Waals surface area contributed by atoms with Gasteiger partial charge in [-0.3, -0.25) is 14.5 Å². The Balaban J connectivity index is 1.48. The van der Waals surface area contributed by atoms with Crippen molar-refractivity contribution in [3.63, 3.8) is 0 Å². The number of piperazine rings is 1. The summed E-state index contributed by atoms with van der Waals surface area (Å²) in [4.78, 5) is 33.8. The molecule has 1 aromatic heterocycles. The van der Waals surface area contributed by atoms with Crippen molar-refractivity contribution in [2.45, 2.75) is 53.1 Å². The van der Waals surface area contributed by atoms with Crippen LogP contribution in [0.5, 0.6) is 0 Å². The quantitative estimate of drug-likeness (QED) is 0.703. The Hall–Kier alpha value is -2.18. The van der Waals surface area contributed by atoms with Gasteiger partial charge in [0.2, 0.25) is 11.8 Å². The summed E-state index contributed by atoms with van der Waals surface area (Å²) in [6.07, 6.45) is 0.993. The van der Waals surface area contributed by atoms with Crippen LogP contribution in [0.25, 0.3) is 0 Å². The Kier molecular flexibility index (Phi) is 6.46. The van der Waals surface area contributed by atoms with E-state index in [1.165, 1.54) is 21.6 Å². The number of carbonyl (C=O) groups is 2. The third-order valence-corrected chi connectivity index (χ3v) is 7.68. The average Bonchev–Trinajstić information content (AvgIpc) is 3.22. The highest BCUT2D eigenvalue weighted by Crippen LogP contribution is 2.37. The molecule has 2 atom stereocenters. The van der Waals surface area contributed by atoms with Gasteiger partial charge in [-0.25, -0.2) is 0 Å². The van der Waals surface area contributed by atoms with Gasteiger partial charge in [-0.1, -0.05) is 50.6 Å². The molecule has 172 valence electrons. The normalized spacial score (nSPS) is 22.0. The van der Waals surface area contributed by atoms with E-state index in [0.29, 0.717) is 26.2 Å². The minimum Gasteiger partial charge on any atom is -0.338 e. The topological polar surface area (TPSA) is 43.9 Å². The van der Waals surface area contributed by atoms with Gasteiger partial charge in [0.25, 0.3) is 0 Å². The van der Waals surface area contributed by atoms with Gasteiger partial charge < -0.3 is 9.80 Å². The Bertz CT molecular complexity index is 976. The Labute approximate surface area is 196 Å². The van der Waals surface area contributed by atoms with Crippen LogP contribution in [0.15, 0.2) is 35.7 Å². The van der Waals surface area contributed by atoms with Crippen LogP contribution in [0.2, 0.25) is 0 Å². The van der Waals surface area contributed by atoms with E-state index in [9.17, 15) is 9.59 Å². The molecule has 6 heteroatoms. The first-order valence-electron chi connectivity index (χ1n) is 11.6. The number of benzene rings is 1. The van der Waals surface area contributed by atoms with E-state index in [0.717, 1.165) is 13.0 Å². The zero-order valence-corrected chi connectivity index (χ0v) is 20.7. The lowest BCUT2D eigenvalue weighted by Gasteiger charge is -2.43. The number of hydrogen-bond acceptors (Lipinski definition) is 4. The van der Waals surface area contributed by atoms with Crippen LogP contribution in [0.1, 0.15) is 55.3 Å². The highest BCUT2D eigenvalue weighted by Gasteiger charge is 2.36. The summed E-state index contributed by atoms with van der Waals surface area (Å²) in [7, 11) is 0. The summed E-state index contributed by atoms with van der Waals surface area (Å²) < 4.78 is 0. The van der Waals surface area contributed by atoms with Crippen LogP contribution >= 0.6 is 11.3 Å². The molecule has 2 aromatic rings. The van der Waals surface area contributed by atoms with Crippen molar-refractivity contribution in [2.24, 2.45) is 5.41 Å². The Morgan fingerprint density at radius 2 is 1.78 bits per heavy atom. The molecule has 5 nitrogen and oxygen atoms in total. The van der Waals surface area contributed by atoms with Crippen LogP contribution in [0, 0.1) is 12.3 Å². The second-order valence-electron chi connectivity index (χ2n) is 10.3. The molecular formula is C26H35N3O2S. The smallest absolute Gasteiger partial charge is 0.236 e. The van der Waals surface area contributed by atoms with Crippen LogP contribution in [-0.4, -0.2) is 65.3 Å². The molecule has 1 saturated heterocycles. The molecule has 2 aliphatic rings. The maximum Gasteiger partial charge on any atom is 0.236 e. The summed E-state index contributed by atoms with van der Waals surface area (Å²) in [6, 6.07) is 11.1. The van der Waals surface area contributed by atoms with Gasteiger partial charge >= 0.3 is 0 Å². The van der Waals surface area contributed by atoms with E-state index in [-0.39, 0.29) is 23.9 Å². The summed E-state index contributed by atoms with van der Waals surface area (Å²) in [6.45, 7) is 13.2. The van der Waals surface area contributed by atoms with Gasteiger partial charge in [0.05, 0.1) is 12.6 Å². The highest BCUT2D eigenvalue weighted by molar-refractivity contribution is 7.10.